The molecule has 0 aliphatic carbocycles. The van der Waals surface area contributed by atoms with Crippen LogP contribution in [0.3, 0.4) is 0 Å². The van der Waals surface area contributed by atoms with Gasteiger partial charge in [-0.15, -0.1) is 0 Å². The summed E-state index contributed by atoms with van der Waals surface area (Å²) in [5.41, 5.74) is 12.1. The van der Waals surface area contributed by atoms with E-state index in [1.54, 1.807) is 6.07 Å². The summed E-state index contributed by atoms with van der Waals surface area (Å²) in [7, 11) is -2.09. The zero-order valence-corrected chi connectivity index (χ0v) is 9.84. The smallest absolute Gasteiger partial charge is 0.240 e. The minimum Gasteiger partial charge on any atom is -0.397 e. The zero-order valence-electron chi connectivity index (χ0n) is 9.03. The van der Waals surface area contributed by atoms with Gasteiger partial charge in [-0.05, 0) is 25.2 Å². The average molecular weight is 244 g/mol. The molecule has 0 fully saturated rings. The zero-order chi connectivity index (χ0) is 12.2. The predicted octanol–water partition coefficient (Wildman–Crippen LogP) is -0.452. The van der Waals surface area contributed by atoms with Crippen LogP contribution in [0.15, 0.2) is 23.1 Å². The van der Waals surface area contributed by atoms with Crippen LogP contribution >= 0.6 is 0 Å². The Bertz CT molecular complexity index is 459. The van der Waals surface area contributed by atoms with Crippen molar-refractivity contribution in [3.05, 3.63) is 18.2 Å². The SMILES string of the molecule is CNS(=O)(=O)c1ccc(NCCN)c(N)c1. The van der Waals surface area contributed by atoms with Crippen LogP contribution in [0.4, 0.5) is 11.4 Å². The topological polar surface area (TPSA) is 110 Å². The predicted molar refractivity (Wildman–Crippen MR) is 64.6 cm³/mol. The van der Waals surface area contributed by atoms with Gasteiger partial charge >= 0.3 is 0 Å². The molecule has 0 radical (unpaired) electrons. The first-order chi connectivity index (χ1) is 7.51. The van der Waals surface area contributed by atoms with Crippen molar-refractivity contribution in [2.45, 2.75) is 4.90 Å². The van der Waals surface area contributed by atoms with E-state index in [2.05, 4.69) is 10.0 Å². The number of sulfonamides is 1. The van der Waals surface area contributed by atoms with E-state index >= 15 is 0 Å². The van der Waals surface area contributed by atoms with E-state index in [0.29, 0.717) is 24.5 Å². The van der Waals surface area contributed by atoms with Gasteiger partial charge < -0.3 is 16.8 Å². The van der Waals surface area contributed by atoms with Crippen molar-refractivity contribution in [3.8, 4) is 0 Å². The third-order valence-corrected chi connectivity index (χ3v) is 3.47. The number of nitrogens with two attached hydrogens (primary N) is 2. The van der Waals surface area contributed by atoms with Crippen molar-refractivity contribution >= 4 is 21.4 Å². The van der Waals surface area contributed by atoms with Gasteiger partial charge in [0.25, 0.3) is 0 Å². The van der Waals surface area contributed by atoms with Crippen LogP contribution in [0.25, 0.3) is 0 Å². The summed E-state index contributed by atoms with van der Waals surface area (Å²) in [6.07, 6.45) is 0. The molecule has 0 saturated carbocycles. The molecule has 0 aromatic heterocycles. The Hall–Kier alpha value is -1.31. The first kappa shape index (κ1) is 12.8. The van der Waals surface area contributed by atoms with Crippen LogP contribution in [0.5, 0.6) is 0 Å². The first-order valence-corrected chi connectivity index (χ1v) is 6.26. The molecular weight excluding hydrogens is 228 g/mol. The monoisotopic (exact) mass is 244 g/mol. The summed E-state index contributed by atoms with van der Waals surface area (Å²) in [5, 5.41) is 2.99. The Kier molecular flexibility index (Phi) is 4.11. The highest BCUT2D eigenvalue weighted by Crippen LogP contribution is 2.21. The molecular formula is C9H16N4O2S. The molecule has 90 valence electrons. The lowest BCUT2D eigenvalue weighted by molar-refractivity contribution is 0.588. The summed E-state index contributed by atoms with van der Waals surface area (Å²) in [6, 6.07) is 4.51. The fraction of sp³-hybridized carbons (Fsp3) is 0.333. The van der Waals surface area contributed by atoms with Crippen molar-refractivity contribution in [3.63, 3.8) is 0 Å². The second-order valence-corrected chi connectivity index (χ2v) is 5.06. The van der Waals surface area contributed by atoms with E-state index in [4.69, 9.17) is 11.5 Å². The van der Waals surface area contributed by atoms with Crippen molar-refractivity contribution in [1.29, 1.82) is 0 Å². The van der Waals surface area contributed by atoms with E-state index in [0.717, 1.165) is 0 Å². The van der Waals surface area contributed by atoms with Crippen molar-refractivity contribution < 1.29 is 8.42 Å². The van der Waals surface area contributed by atoms with Crippen molar-refractivity contribution in [2.75, 3.05) is 31.2 Å². The van der Waals surface area contributed by atoms with Crippen LogP contribution in [-0.4, -0.2) is 28.6 Å². The molecule has 16 heavy (non-hydrogen) atoms. The van der Waals surface area contributed by atoms with Gasteiger partial charge in [-0.2, -0.15) is 0 Å². The molecule has 0 saturated heterocycles. The third kappa shape index (κ3) is 2.84. The Morgan fingerprint density at radius 2 is 2.06 bits per heavy atom. The normalized spacial score (nSPS) is 11.4. The maximum atomic E-state index is 11.5. The average Bonchev–Trinajstić information content (AvgIpc) is 2.27. The van der Waals surface area contributed by atoms with Gasteiger partial charge in [0.1, 0.15) is 0 Å². The molecule has 0 unspecified atom stereocenters. The largest absolute Gasteiger partial charge is 0.397 e. The standard InChI is InChI=1S/C9H16N4O2S/c1-12-16(14,15)7-2-3-9(8(11)6-7)13-5-4-10/h2-3,6,12-13H,4-5,10-11H2,1H3. The van der Waals surface area contributed by atoms with Crippen molar-refractivity contribution in [1.82, 2.24) is 4.72 Å². The minimum absolute atomic E-state index is 0.144. The molecule has 0 heterocycles. The molecule has 6 N–H and O–H groups in total. The quantitative estimate of drug-likeness (QED) is 0.524. The number of hydrogen-bond acceptors (Lipinski definition) is 5. The van der Waals surface area contributed by atoms with Gasteiger partial charge in [0.2, 0.25) is 10.0 Å². The van der Waals surface area contributed by atoms with Crippen molar-refractivity contribution in [2.24, 2.45) is 5.73 Å². The van der Waals surface area contributed by atoms with Gasteiger partial charge in [-0.1, -0.05) is 0 Å². The van der Waals surface area contributed by atoms with Gasteiger partial charge in [0.15, 0.2) is 0 Å². The van der Waals surface area contributed by atoms with Gasteiger partial charge in [0.05, 0.1) is 16.3 Å². The molecule has 1 aromatic rings. The Balaban J connectivity index is 3.00. The van der Waals surface area contributed by atoms with Gasteiger partial charge in [0, 0.05) is 13.1 Å². The van der Waals surface area contributed by atoms with Crippen LogP contribution in [0.1, 0.15) is 0 Å². The fourth-order valence-electron chi connectivity index (χ4n) is 1.19. The molecule has 0 amide bonds. The summed E-state index contributed by atoms with van der Waals surface area (Å²) in [5.74, 6) is 0. The summed E-state index contributed by atoms with van der Waals surface area (Å²) < 4.78 is 25.2. The summed E-state index contributed by atoms with van der Waals surface area (Å²) >= 11 is 0. The van der Waals surface area contributed by atoms with Crippen LogP contribution in [-0.2, 0) is 10.0 Å². The van der Waals surface area contributed by atoms with Crippen LogP contribution in [0, 0.1) is 0 Å². The maximum absolute atomic E-state index is 11.5. The molecule has 1 rings (SSSR count). The van der Waals surface area contributed by atoms with E-state index in [1.807, 2.05) is 0 Å². The van der Waals surface area contributed by atoms with Gasteiger partial charge in [-0.3, -0.25) is 0 Å². The third-order valence-electron chi connectivity index (χ3n) is 2.06. The second-order valence-electron chi connectivity index (χ2n) is 3.17. The molecule has 0 spiro atoms. The fourth-order valence-corrected chi connectivity index (χ4v) is 1.96. The number of anilines is 2. The maximum Gasteiger partial charge on any atom is 0.240 e. The molecule has 6 nitrogen and oxygen atoms in total. The molecule has 0 bridgehead atoms. The van der Waals surface area contributed by atoms with Gasteiger partial charge in [-0.25, -0.2) is 13.1 Å². The number of nitrogens with one attached hydrogen (secondary N) is 2. The lowest BCUT2D eigenvalue weighted by Crippen LogP contribution is -2.19. The summed E-state index contributed by atoms with van der Waals surface area (Å²) in [4.78, 5) is 0.144. The molecule has 7 heteroatoms. The molecule has 0 atom stereocenters. The highest BCUT2D eigenvalue weighted by Gasteiger charge is 2.12. The molecule has 1 aromatic carbocycles. The van der Waals surface area contributed by atoms with Crippen LogP contribution < -0.4 is 21.5 Å². The molecule has 0 aliphatic heterocycles. The number of nitrogen functional groups attached to an aromatic ring is 1. The van der Waals surface area contributed by atoms with E-state index in [-0.39, 0.29) is 4.90 Å². The highest BCUT2D eigenvalue weighted by atomic mass is 32.2. The first-order valence-electron chi connectivity index (χ1n) is 4.78. The Labute approximate surface area is 95.1 Å². The van der Waals surface area contributed by atoms with E-state index < -0.39 is 10.0 Å². The number of rotatable bonds is 5. The Morgan fingerprint density at radius 1 is 1.38 bits per heavy atom. The van der Waals surface area contributed by atoms with Crippen LogP contribution in [0.2, 0.25) is 0 Å². The van der Waals surface area contributed by atoms with E-state index in [9.17, 15) is 8.42 Å². The lowest BCUT2D eigenvalue weighted by atomic mass is 10.2. The molecule has 0 aliphatic rings. The lowest BCUT2D eigenvalue weighted by Gasteiger charge is -2.10. The minimum atomic E-state index is -3.44. The number of benzene rings is 1. The highest BCUT2D eigenvalue weighted by molar-refractivity contribution is 7.89. The summed E-state index contributed by atoms with van der Waals surface area (Å²) in [6.45, 7) is 1.07. The number of hydrogen-bond donors (Lipinski definition) is 4. The second kappa shape index (κ2) is 5.15. The van der Waals surface area contributed by atoms with E-state index in [1.165, 1.54) is 19.2 Å². The Morgan fingerprint density at radius 3 is 2.56 bits per heavy atom.